The molecule has 1 amide bonds. The van der Waals surface area contributed by atoms with Gasteiger partial charge < -0.3 is 9.32 Å². The Bertz CT molecular complexity index is 1090. The third-order valence-corrected chi connectivity index (χ3v) is 4.56. The van der Waals surface area contributed by atoms with Gasteiger partial charge in [-0.25, -0.2) is 4.98 Å². The molecule has 0 atom stereocenters. The van der Waals surface area contributed by atoms with Crippen LogP contribution < -0.4 is 4.90 Å². The molecule has 0 saturated heterocycles. The van der Waals surface area contributed by atoms with E-state index in [1.807, 2.05) is 30.3 Å². The molecule has 2 aromatic heterocycles. The molecule has 4 aromatic rings. The first kappa shape index (κ1) is 17.9. The number of rotatable bonds is 4. The van der Waals surface area contributed by atoms with Gasteiger partial charge in [-0.2, -0.15) is 0 Å². The summed E-state index contributed by atoms with van der Waals surface area (Å²) in [7, 11) is 1.69. The lowest BCUT2D eigenvalue weighted by Gasteiger charge is -2.16. The minimum absolute atomic E-state index is 0.238. The van der Waals surface area contributed by atoms with Crippen molar-refractivity contribution in [2.24, 2.45) is 0 Å². The number of hydrogen-bond donors (Lipinski definition) is 0. The molecule has 0 aliphatic rings. The smallest absolute Gasteiger partial charge is 0.280 e. The molecule has 6 heteroatoms. The van der Waals surface area contributed by atoms with Crippen molar-refractivity contribution < 1.29 is 9.21 Å². The lowest BCUT2D eigenvalue weighted by atomic mass is 10.1. The summed E-state index contributed by atoms with van der Waals surface area (Å²) in [6.45, 7) is 0. The quantitative estimate of drug-likeness (QED) is 0.473. The molecule has 4 rings (SSSR count). The number of amides is 1. The van der Waals surface area contributed by atoms with E-state index in [0.717, 1.165) is 11.1 Å². The van der Waals surface area contributed by atoms with E-state index >= 15 is 0 Å². The van der Waals surface area contributed by atoms with Crippen LogP contribution in [0.25, 0.3) is 22.8 Å². The highest BCUT2D eigenvalue weighted by Crippen LogP contribution is 2.31. The number of anilines is 1. The van der Waals surface area contributed by atoms with Gasteiger partial charge in [0.2, 0.25) is 5.89 Å². The van der Waals surface area contributed by atoms with Gasteiger partial charge in [0, 0.05) is 41.3 Å². The van der Waals surface area contributed by atoms with Crippen LogP contribution in [0.15, 0.2) is 83.5 Å². The second-order valence-electron chi connectivity index (χ2n) is 6.14. The van der Waals surface area contributed by atoms with Crippen LogP contribution in [0.2, 0.25) is 5.02 Å². The summed E-state index contributed by atoms with van der Waals surface area (Å²) in [5.41, 5.74) is 2.48. The van der Waals surface area contributed by atoms with Crippen LogP contribution in [0.1, 0.15) is 10.5 Å². The molecule has 0 N–H and O–H groups in total. The van der Waals surface area contributed by atoms with Crippen LogP contribution >= 0.6 is 11.6 Å². The van der Waals surface area contributed by atoms with Crippen molar-refractivity contribution in [3.05, 3.63) is 89.8 Å². The van der Waals surface area contributed by atoms with E-state index < -0.39 is 0 Å². The number of nitrogens with zero attached hydrogens (tertiary/aromatic N) is 3. The molecule has 28 heavy (non-hydrogen) atoms. The molecule has 0 fully saturated rings. The maximum Gasteiger partial charge on any atom is 0.280 e. The largest absolute Gasteiger partial charge is 0.435 e. The van der Waals surface area contributed by atoms with E-state index in [1.165, 1.54) is 4.90 Å². The first-order chi connectivity index (χ1) is 13.6. The van der Waals surface area contributed by atoms with Gasteiger partial charge in [0.1, 0.15) is 0 Å². The zero-order valence-corrected chi connectivity index (χ0v) is 15.8. The SMILES string of the molecule is CN(C(=O)c1nc(-c2ccccc2)oc1-c1ccncc1)c1ccc(Cl)cc1. The highest BCUT2D eigenvalue weighted by molar-refractivity contribution is 6.30. The van der Waals surface area contributed by atoms with Crippen molar-refractivity contribution in [2.45, 2.75) is 0 Å². The van der Waals surface area contributed by atoms with Crippen molar-refractivity contribution in [2.75, 3.05) is 11.9 Å². The summed E-state index contributed by atoms with van der Waals surface area (Å²) >= 11 is 5.95. The van der Waals surface area contributed by atoms with Gasteiger partial charge in [0.05, 0.1) is 0 Å². The molecule has 0 bridgehead atoms. The highest BCUT2D eigenvalue weighted by atomic mass is 35.5. The monoisotopic (exact) mass is 389 g/mol. The normalized spacial score (nSPS) is 10.6. The lowest BCUT2D eigenvalue weighted by molar-refractivity contribution is 0.0989. The lowest BCUT2D eigenvalue weighted by Crippen LogP contribution is -2.27. The van der Waals surface area contributed by atoms with Crippen molar-refractivity contribution in [1.82, 2.24) is 9.97 Å². The fourth-order valence-corrected chi connectivity index (χ4v) is 2.94. The van der Waals surface area contributed by atoms with Gasteiger partial charge in [0.25, 0.3) is 5.91 Å². The van der Waals surface area contributed by atoms with Gasteiger partial charge >= 0.3 is 0 Å². The third-order valence-electron chi connectivity index (χ3n) is 4.31. The highest BCUT2D eigenvalue weighted by Gasteiger charge is 2.25. The van der Waals surface area contributed by atoms with Crippen LogP contribution in [-0.4, -0.2) is 22.9 Å². The Morgan fingerprint density at radius 2 is 1.61 bits per heavy atom. The average molecular weight is 390 g/mol. The minimum atomic E-state index is -0.278. The summed E-state index contributed by atoms with van der Waals surface area (Å²) in [4.78, 5) is 23.3. The molecule has 2 aromatic carbocycles. The van der Waals surface area contributed by atoms with Crippen molar-refractivity contribution in [3.8, 4) is 22.8 Å². The molecular weight excluding hydrogens is 374 g/mol. The molecule has 138 valence electrons. The third kappa shape index (κ3) is 3.52. The minimum Gasteiger partial charge on any atom is -0.435 e. The predicted octanol–water partition coefficient (Wildman–Crippen LogP) is 5.33. The Morgan fingerprint density at radius 1 is 0.929 bits per heavy atom. The Hall–Kier alpha value is -3.44. The standard InChI is InChI=1S/C22H16ClN3O2/c1-26(18-9-7-17(23)8-10-18)22(27)19-20(15-11-13-24-14-12-15)28-21(25-19)16-5-3-2-4-6-16/h2-14H,1H3. The maximum atomic E-state index is 13.2. The van der Waals surface area contributed by atoms with Gasteiger partial charge in [-0.1, -0.05) is 29.8 Å². The van der Waals surface area contributed by atoms with Crippen LogP contribution in [-0.2, 0) is 0 Å². The van der Waals surface area contributed by atoms with Gasteiger partial charge in [0.15, 0.2) is 11.5 Å². The van der Waals surface area contributed by atoms with Crippen LogP contribution in [0.4, 0.5) is 5.69 Å². The number of halogens is 1. The fourth-order valence-electron chi connectivity index (χ4n) is 2.81. The van der Waals surface area contributed by atoms with Crippen molar-refractivity contribution in [3.63, 3.8) is 0 Å². The second kappa shape index (κ2) is 7.66. The van der Waals surface area contributed by atoms with E-state index in [2.05, 4.69) is 9.97 Å². The van der Waals surface area contributed by atoms with Crippen LogP contribution in [0, 0.1) is 0 Å². The molecule has 0 spiro atoms. The predicted molar refractivity (Wildman–Crippen MR) is 109 cm³/mol. The zero-order valence-electron chi connectivity index (χ0n) is 15.0. The molecule has 0 aliphatic carbocycles. The topological polar surface area (TPSA) is 59.2 Å². The first-order valence-electron chi connectivity index (χ1n) is 8.64. The molecule has 0 radical (unpaired) electrons. The van der Waals surface area contributed by atoms with E-state index in [0.29, 0.717) is 22.4 Å². The molecule has 0 saturated carbocycles. The van der Waals surface area contributed by atoms with E-state index in [1.54, 1.807) is 55.8 Å². The number of oxazole rings is 1. The number of benzene rings is 2. The first-order valence-corrected chi connectivity index (χ1v) is 9.01. The number of carbonyl (C=O) groups is 1. The Morgan fingerprint density at radius 3 is 2.29 bits per heavy atom. The summed E-state index contributed by atoms with van der Waals surface area (Å²) in [5, 5.41) is 0.606. The Balaban J connectivity index is 1.79. The maximum absolute atomic E-state index is 13.2. The van der Waals surface area contributed by atoms with E-state index in [-0.39, 0.29) is 11.6 Å². The molecule has 2 heterocycles. The number of hydrogen-bond acceptors (Lipinski definition) is 4. The molecule has 0 aliphatic heterocycles. The number of pyridine rings is 1. The van der Waals surface area contributed by atoms with E-state index in [9.17, 15) is 4.79 Å². The van der Waals surface area contributed by atoms with E-state index in [4.69, 9.17) is 16.0 Å². The van der Waals surface area contributed by atoms with Gasteiger partial charge in [-0.05, 0) is 48.5 Å². The number of aromatic nitrogens is 2. The van der Waals surface area contributed by atoms with Crippen LogP contribution in [0.3, 0.4) is 0 Å². The molecule has 5 nitrogen and oxygen atoms in total. The van der Waals surface area contributed by atoms with Crippen molar-refractivity contribution >= 4 is 23.2 Å². The summed E-state index contributed by atoms with van der Waals surface area (Å²) < 4.78 is 6.01. The molecule has 0 unspecified atom stereocenters. The summed E-state index contributed by atoms with van der Waals surface area (Å²) in [5.74, 6) is 0.521. The Labute approximate surface area is 167 Å². The summed E-state index contributed by atoms with van der Waals surface area (Å²) in [6, 6.07) is 20.1. The Kier molecular flexibility index (Phi) is 4.91. The van der Waals surface area contributed by atoms with Gasteiger partial charge in [-0.15, -0.1) is 0 Å². The average Bonchev–Trinajstić information content (AvgIpc) is 3.20. The number of carbonyl (C=O) groups excluding carboxylic acids is 1. The second-order valence-corrected chi connectivity index (χ2v) is 6.58. The fraction of sp³-hybridized carbons (Fsp3) is 0.0455. The zero-order chi connectivity index (χ0) is 19.5. The van der Waals surface area contributed by atoms with Crippen LogP contribution in [0.5, 0.6) is 0 Å². The molecular formula is C22H16ClN3O2. The van der Waals surface area contributed by atoms with Crippen molar-refractivity contribution in [1.29, 1.82) is 0 Å². The summed E-state index contributed by atoms with van der Waals surface area (Å²) in [6.07, 6.45) is 3.30. The van der Waals surface area contributed by atoms with Gasteiger partial charge in [-0.3, -0.25) is 9.78 Å².